The number of hydrogen-bond acceptors (Lipinski definition) is 4. The number of rotatable bonds is 2. The summed E-state index contributed by atoms with van der Waals surface area (Å²) in [5.41, 5.74) is 5.98. The van der Waals surface area contributed by atoms with E-state index in [-0.39, 0.29) is 0 Å². The maximum atomic E-state index is 4.65. The number of thiophene rings is 2. The molecule has 1 aliphatic rings. The minimum atomic E-state index is 0.778. The molecule has 25 heavy (non-hydrogen) atoms. The van der Waals surface area contributed by atoms with Crippen LogP contribution in [0.1, 0.15) is 47.6 Å². The van der Waals surface area contributed by atoms with E-state index in [4.69, 9.17) is 0 Å². The lowest BCUT2D eigenvalue weighted by molar-refractivity contribution is 0.739. The van der Waals surface area contributed by atoms with E-state index in [1.54, 1.807) is 11.2 Å². The van der Waals surface area contributed by atoms with Gasteiger partial charge in [-0.15, -0.1) is 22.7 Å². The largest absolute Gasteiger partial charge is 0.235 e. The van der Waals surface area contributed by atoms with E-state index in [1.165, 1.54) is 56.5 Å². The predicted molar refractivity (Wildman–Crippen MR) is 109 cm³/mol. The van der Waals surface area contributed by atoms with Crippen molar-refractivity contribution in [2.24, 2.45) is 0 Å². The van der Waals surface area contributed by atoms with Crippen LogP contribution in [0.4, 0.5) is 0 Å². The Labute approximate surface area is 155 Å². The Morgan fingerprint density at radius 3 is 2.40 bits per heavy atom. The summed E-state index contributed by atoms with van der Waals surface area (Å²) in [6, 6.07) is 9.09. The molecule has 4 heteroatoms. The molecule has 0 N–H and O–H groups in total. The Kier molecular flexibility index (Phi) is 3.64. The van der Waals surface area contributed by atoms with E-state index in [2.05, 4.69) is 48.1 Å². The minimum absolute atomic E-state index is 0.778. The average Bonchev–Trinajstić information content (AvgIpc) is 3.28. The normalized spacial score (nSPS) is 15.6. The van der Waals surface area contributed by atoms with Gasteiger partial charge in [-0.05, 0) is 50.8 Å². The molecule has 0 aliphatic heterocycles. The van der Waals surface area contributed by atoms with Crippen molar-refractivity contribution in [3.05, 3.63) is 46.6 Å². The van der Waals surface area contributed by atoms with Crippen molar-refractivity contribution in [1.29, 1.82) is 0 Å². The van der Waals surface area contributed by atoms with Gasteiger partial charge in [0.15, 0.2) is 0 Å². The van der Waals surface area contributed by atoms with Gasteiger partial charge in [0, 0.05) is 15.1 Å². The summed E-state index contributed by atoms with van der Waals surface area (Å²) in [6.07, 6.45) is 7.21. The van der Waals surface area contributed by atoms with Gasteiger partial charge in [-0.3, -0.25) is 0 Å². The summed E-state index contributed by atoms with van der Waals surface area (Å²) in [6.45, 7) is 4.30. The maximum absolute atomic E-state index is 4.65. The second-order valence-electron chi connectivity index (χ2n) is 7.20. The molecule has 0 spiro atoms. The van der Waals surface area contributed by atoms with Crippen molar-refractivity contribution in [2.45, 2.75) is 45.4 Å². The van der Waals surface area contributed by atoms with Gasteiger partial charge in [0.1, 0.15) is 11.8 Å². The molecule has 1 aliphatic carbocycles. The van der Waals surface area contributed by atoms with Crippen LogP contribution in [0.25, 0.3) is 30.9 Å². The van der Waals surface area contributed by atoms with Crippen molar-refractivity contribution in [2.75, 3.05) is 0 Å². The van der Waals surface area contributed by atoms with Crippen LogP contribution in [-0.2, 0) is 0 Å². The van der Waals surface area contributed by atoms with Crippen molar-refractivity contribution in [1.82, 2.24) is 9.97 Å². The summed E-state index contributed by atoms with van der Waals surface area (Å²) < 4.78 is 3.97. The smallest absolute Gasteiger partial charge is 0.116 e. The topological polar surface area (TPSA) is 25.8 Å². The summed E-state index contributed by atoms with van der Waals surface area (Å²) in [4.78, 5) is 10.9. The predicted octanol–water partition coefficient (Wildman–Crippen LogP) is 6.85. The fourth-order valence-corrected chi connectivity index (χ4v) is 6.83. The second kappa shape index (κ2) is 5.89. The highest BCUT2D eigenvalue weighted by molar-refractivity contribution is 7.32. The van der Waals surface area contributed by atoms with Crippen LogP contribution < -0.4 is 0 Å². The lowest BCUT2D eigenvalue weighted by Gasteiger charge is -2.06. The Bertz CT molecular complexity index is 1060. The summed E-state index contributed by atoms with van der Waals surface area (Å²) in [7, 11) is 0. The van der Waals surface area contributed by atoms with Gasteiger partial charge in [0.25, 0.3) is 0 Å². The first-order valence-corrected chi connectivity index (χ1v) is 10.6. The van der Waals surface area contributed by atoms with Crippen LogP contribution in [0.2, 0.25) is 0 Å². The van der Waals surface area contributed by atoms with Gasteiger partial charge in [-0.2, -0.15) is 0 Å². The highest BCUT2D eigenvalue weighted by Gasteiger charge is 2.22. The Morgan fingerprint density at radius 2 is 1.64 bits per heavy atom. The van der Waals surface area contributed by atoms with Crippen LogP contribution in [-0.4, -0.2) is 9.97 Å². The lowest BCUT2D eigenvalue weighted by atomic mass is 10.0. The van der Waals surface area contributed by atoms with Crippen LogP contribution in [0.3, 0.4) is 0 Å². The zero-order valence-electron chi connectivity index (χ0n) is 14.5. The fourth-order valence-electron chi connectivity index (χ4n) is 4.10. The Balaban J connectivity index is 1.69. The van der Waals surface area contributed by atoms with E-state index in [9.17, 15) is 0 Å². The van der Waals surface area contributed by atoms with Gasteiger partial charge in [0.05, 0.1) is 15.1 Å². The number of aromatic nitrogens is 2. The highest BCUT2D eigenvalue weighted by Crippen LogP contribution is 2.46. The molecule has 126 valence electrons. The molecule has 1 saturated carbocycles. The first-order valence-electron chi connectivity index (χ1n) is 8.94. The van der Waals surface area contributed by atoms with Crippen molar-refractivity contribution in [3.63, 3.8) is 0 Å². The quantitative estimate of drug-likeness (QED) is 0.389. The third kappa shape index (κ3) is 2.59. The van der Waals surface area contributed by atoms with Gasteiger partial charge < -0.3 is 0 Å². The van der Waals surface area contributed by atoms with E-state index in [0.717, 1.165) is 17.1 Å². The molecule has 3 aromatic heterocycles. The van der Waals surface area contributed by atoms with Gasteiger partial charge in [-0.1, -0.05) is 30.0 Å². The fraction of sp³-hybridized carbons (Fsp3) is 0.333. The third-order valence-electron chi connectivity index (χ3n) is 5.20. The summed E-state index contributed by atoms with van der Waals surface area (Å²) in [5.74, 6) is 0.778. The standard InChI is InChI=1S/C21H20N2S2/c1-12-7-13(2)9-15(8-12)18-21-19(23-11-22-18)20-17(25-21)10-16(24-20)14-5-3-4-6-14/h7-11,14H,3-6H2,1-2H3. The molecule has 3 heterocycles. The molecule has 2 nitrogen and oxygen atoms in total. The molecule has 0 atom stereocenters. The highest BCUT2D eigenvalue weighted by atomic mass is 32.1. The van der Waals surface area contributed by atoms with E-state index < -0.39 is 0 Å². The van der Waals surface area contributed by atoms with E-state index >= 15 is 0 Å². The number of aryl methyl sites for hydroxylation is 2. The monoisotopic (exact) mass is 364 g/mol. The van der Waals surface area contributed by atoms with Gasteiger partial charge >= 0.3 is 0 Å². The molecular weight excluding hydrogens is 344 g/mol. The minimum Gasteiger partial charge on any atom is -0.235 e. The molecule has 4 aromatic rings. The molecular formula is C21H20N2S2. The Hall–Kier alpha value is -1.78. The average molecular weight is 365 g/mol. The van der Waals surface area contributed by atoms with Crippen molar-refractivity contribution in [3.8, 4) is 11.3 Å². The first kappa shape index (κ1) is 15.5. The summed E-state index contributed by atoms with van der Waals surface area (Å²) >= 11 is 3.82. The third-order valence-corrected chi connectivity index (χ3v) is 7.77. The number of benzene rings is 1. The van der Waals surface area contributed by atoms with Crippen molar-refractivity contribution >= 4 is 42.3 Å². The molecule has 1 fully saturated rings. The molecule has 0 unspecified atom stereocenters. The van der Waals surface area contributed by atoms with Crippen LogP contribution >= 0.6 is 22.7 Å². The zero-order chi connectivity index (χ0) is 17.0. The van der Waals surface area contributed by atoms with E-state index in [1.807, 2.05) is 22.7 Å². The van der Waals surface area contributed by atoms with Crippen LogP contribution in [0, 0.1) is 13.8 Å². The molecule has 0 saturated heterocycles. The van der Waals surface area contributed by atoms with Crippen LogP contribution in [0.15, 0.2) is 30.6 Å². The number of fused-ring (bicyclic) bond motifs is 3. The van der Waals surface area contributed by atoms with E-state index in [0.29, 0.717) is 0 Å². The zero-order valence-corrected chi connectivity index (χ0v) is 16.1. The molecule has 0 amide bonds. The van der Waals surface area contributed by atoms with Gasteiger partial charge in [-0.25, -0.2) is 9.97 Å². The Morgan fingerprint density at radius 1 is 0.880 bits per heavy atom. The molecule has 0 radical (unpaired) electrons. The number of hydrogen-bond donors (Lipinski definition) is 0. The molecule has 1 aromatic carbocycles. The molecule has 5 rings (SSSR count). The first-order chi connectivity index (χ1) is 12.2. The maximum Gasteiger partial charge on any atom is 0.116 e. The van der Waals surface area contributed by atoms with Gasteiger partial charge in [0.2, 0.25) is 0 Å². The summed E-state index contributed by atoms with van der Waals surface area (Å²) in [5, 5.41) is 0. The SMILES string of the molecule is Cc1cc(C)cc(-c2ncnc3c2sc2cc(C4CCCC4)sc23)c1. The number of nitrogens with zero attached hydrogens (tertiary/aromatic N) is 2. The molecule has 0 bridgehead atoms. The van der Waals surface area contributed by atoms with Crippen molar-refractivity contribution < 1.29 is 0 Å². The van der Waals surface area contributed by atoms with Crippen LogP contribution in [0.5, 0.6) is 0 Å². The lowest BCUT2D eigenvalue weighted by Crippen LogP contribution is -1.88. The second-order valence-corrected chi connectivity index (χ2v) is 9.34.